The normalized spacial score (nSPS) is 12.6. The molecule has 0 atom stereocenters. The van der Waals surface area contributed by atoms with Gasteiger partial charge in [0.1, 0.15) is 3.72 Å². The van der Waals surface area contributed by atoms with E-state index in [9.17, 15) is 0 Å². The van der Waals surface area contributed by atoms with E-state index in [1.807, 2.05) is 12.2 Å². The van der Waals surface area contributed by atoms with Gasteiger partial charge in [-0.2, -0.15) is 0 Å². The molecule has 0 spiro atoms. The fraction of sp³-hybridized carbons (Fsp3) is 0. The lowest BCUT2D eigenvalue weighted by Crippen LogP contribution is -1.73. The molecule has 0 fully saturated rings. The van der Waals surface area contributed by atoms with Gasteiger partial charge < -0.3 is 0 Å². The van der Waals surface area contributed by atoms with Crippen LogP contribution in [0, 0.1) is 0 Å². The minimum Gasteiger partial charge on any atom is -0.273 e. The van der Waals surface area contributed by atoms with Crippen LogP contribution in [-0.4, -0.2) is 10.4 Å². The fourth-order valence-electron chi connectivity index (χ4n) is 0.376. The standard InChI is InChI=1S/C8H9IN2/c1-3-11-8(9)6-4-5-7-10-2/h3-7H,1-2H2/b6-4-,7-5-,11-8?. The number of nitrogens with zero attached hydrogens (tertiary/aromatic N) is 2. The highest BCUT2D eigenvalue weighted by Crippen LogP contribution is 1.93. The summed E-state index contributed by atoms with van der Waals surface area (Å²) in [4.78, 5) is 7.46. The van der Waals surface area contributed by atoms with Gasteiger partial charge in [0.25, 0.3) is 0 Å². The zero-order valence-corrected chi connectivity index (χ0v) is 8.23. The second-order valence-corrected chi connectivity index (χ2v) is 2.62. The maximum absolute atomic E-state index is 3.92. The summed E-state index contributed by atoms with van der Waals surface area (Å²) in [6.45, 7) is 6.77. The third-order valence-electron chi connectivity index (χ3n) is 0.751. The molecule has 0 saturated carbocycles. The lowest BCUT2D eigenvalue weighted by atomic mass is 10.5. The molecule has 0 heterocycles. The van der Waals surface area contributed by atoms with Crippen LogP contribution in [0.3, 0.4) is 0 Å². The number of hydrogen-bond donors (Lipinski definition) is 0. The highest BCUT2D eigenvalue weighted by Gasteiger charge is 1.78. The maximum Gasteiger partial charge on any atom is 0.101 e. The van der Waals surface area contributed by atoms with Crippen molar-refractivity contribution >= 4 is 33.0 Å². The quantitative estimate of drug-likeness (QED) is 0.422. The minimum atomic E-state index is 0.881. The smallest absolute Gasteiger partial charge is 0.101 e. The Balaban J connectivity index is 3.91. The van der Waals surface area contributed by atoms with E-state index < -0.39 is 0 Å². The van der Waals surface area contributed by atoms with Crippen molar-refractivity contribution in [3.63, 3.8) is 0 Å². The predicted molar refractivity (Wildman–Crippen MR) is 59.5 cm³/mol. The third kappa shape index (κ3) is 7.18. The Morgan fingerprint density at radius 2 is 2.09 bits per heavy atom. The lowest BCUT2D eigenvalue weighted by molar-refractivity contribution is 1.61. The second kappa shape index (κ2) is 7.40. The number of rotatable bonds is 4. The van der Waals surface area contributed by atoms with E-state index in [1.54, 1.807) is 12.3 Å². The van der Waals surface area contributed by atoms with E-state index in [1.165, 1.54) is 6.20 Å². The van der Waals surface area contributed by atoms with Gasteiger partial charge in [-0.1, -0.05) is 12.7 Å². The molecule has 58 valence electrons. The Morgan fingerprint density at radius 1 is 1.36 bits per heavy atom. The molecule has 0 bridgehead atoms. The molecule has 0 aromatic heterocycles. The van der Waals surface area contributed by atoms with Crippen molar-refractivity contribution in [1.29, 1.82) is 0 Å². The van der Waals surface area contributed by atoms with Gasteiger partial charge in [-0.05, 0) is 41.5 Å². The van der Waals surface area contributed by atoms with Crippen LogP contribution in [0.25, 0.3) is 0 Å². The largest absolute Gasteiger partial charge is 0.273 e. The van der Waals surface area contributed by atoms with Crippen molar-refractivity contribution < 1.29 is 0 Å². The predicted octanol–water partition coefficient (Wildman–Crippen LogP) is 2.73. The fourth-order valence-corrected chi connectivity index (χ4v) is 0.780. The second-order valence-electron chi connectivity index (χ2n) is 1.52. The van der Waals surface area contributed by atoms with Gasteiger partial charge in [0, 0.05) is 12.4 Å². The summed E-state index contributed by atoms with van der Waals surface area (Å²) in [6.07, 6.45) is 8.58. The molecular formula is C8H9IN2. The van der Waals surface area contributed by atoms with E-state index in [2.05, 4.69) is 45.9 Å². The maximum atomic E-state index is 3.92. The van der Waals surface area contributed by atoms with Crippen molar-refractivity contribution in [3.05, 3.63) is 37.2 Å². The summed E-state index contributed by atoms with van der Waals surface area (Å²) in [5.74, 6) is 0. The van der Waals surface area contributed by atoms with Gasteiger partial charge in [-0.15, -0.1) is 0 Å². The van der Waals surface area contributed by atoms with Crippen LogP contribution < -0.4 is 0 Å². The first-order valence-corrected chi connectivity index (χ1v) is 4.02. The van der Waals surface area contributed by atoms with E-state index in [0.717, 1.165) is 3.72 Å². The minimum absolute atomic E-state index is 0.881. The first-order valence-electron chi connectivity index (χ1n) is 2.94. The van der Waals surface area contributed by atoms with Crippen LogP contribution in [0.5, 0.6) is 0 Å². The molecular weight excluding hydrogens is 251 g/mol. The molecule has 0 amide bonds. The first-order chi connectivity index (χ1) is 5.31. The van der Waals surface area contributed by atoms with Crippen molar-refractivity contribution in [3.8, 4) is 0 Å². The molecule has 0 rings (SSSR count). The molecule has 0 aliphatic carbocycles. The van der Waals surface area contributed by atoms with Gasteiger partial charge in [-0.3, -0.25) is 9.98 Å². The van der Waals surface area contributed by atoms with Crippen molar-refractivity contribution in [2.45, 2.75) is 0 Å². The summed E-state index contributed by atoms with van der Waals surface area (Å²) in [5.41, 5.74) is 0. The summed E-state index contributed by atoms with van der Waals surface area (Å²) >= 11 is 2.11. The van der Waals surface area contributed by atoms with Crippen molar-refractivity contribution in [1.82, 2.24) is 0 Å². The highest BCUT2D eigenvalue weighted by molar-refractivity contribution is 14.1. The Hall–Kier alpha value is -0.710. The number of hydrogen-bond acceptors (Lipinski definition) is 2. The molecule has 2 nitrogen and oxygen atoms in total. The SMILES string of the molecule is C=CN=C(I)/C=C\C=C/N=C. The monoisotopic (exact) mass is 260 g/mol. The molecule has 0 saturated heterocycles. The number of halogens is 1. The zero-order chi connectivity index (χ0) is 8.53. The number of allylic oxidation sites excluding steroid dienone is 3. The van der Waals surface area contributed by atoms with Crippen LogP contribution in [0.1, 0.15) is 0 Å². The zero-order valence-electron chi connectivity index (χ0n) is 6.07. The van der Waals surface area contributed by atoms with Crippen LogP contribution in [0.4, 0.5) is 0 Å². The van der Waals surface area contributed by atoms with Crippen LogP contribution >= 0.6 is 22.6 Å². The molecule has 0 aromatic rings. The van der Waals surface area contributed by atoms with Crippen molar-refractivity contribution in [2.75, 3.05) is 0 Å². The molecule has 0 unspecified atom stereocenters. The summed E-state index contributed by atoms with van der Waals surface area (Å²) in [5, 5.41) is 0. The van der Waals surface area contributed by atoms with Crippen molar-refractivity contribution in [2.24, 2.45) is 9.98 Å². The number of aliphatic imine (C=N–C) groups is 2. The average Bonchev–Trinajstić information content (AvgIpc) is 1.99. The molecule has 0 N–H and O–H groups in total. The van der Waals surface area contributed by atoms with Gasteiger partial charge in [0.15, 0.2) is 0 Å². The third-order valence-corrected chi connectivity index (χ3v) is 1.39. The Labute approximate surface area is 80.3 Å². The van der Waals surface area contributed by atoms with Gasteiger partial charge in [-0.25, -0.2) is 0 Å². The topological polar surface area (TPSA) is 24.7 Å². The van der Waals surface area contributed by atoms with E-state index in [-0.39, 0.29) is 0 Å². The van der Waals surface area contributed by atoms with Crippen LogP contribution in [0.15, 0.2) is 47.2 Å². The lowest BCUT2D eigenvalue weighted by Gasteiger charge is -1.81. The van der Waals surface area contributed by atoms with Crippen LogP contribution in [-0.2, 0) is 0 Å². The Bertz CT molecular complexity index is 214. The summed E-state index contributed by atoms with van der Waals surface area (Å²) in [6, 6.07) is 0. The summed E-state index contributed by atoms with van der Waals surface area (Å²) < 4.78 is 0.881. The van der Waals surface area contributed by atoms with Gasteiger partial charge in [0.05, 0.1) is 0 Å². The molecule has 0 aliphatic heterocycles. The first kappa shape index (κ1) is 10.3. The van der Waals surface area contributed by atoms with Gasteiger partial charge >= 0.3 is 0 Å². The van der Waals surface area contributed by atoms with Crippen LogP contribution in [0.2, 0.25) is 0 Å². The van der Waals surface area contributed by atoms with E-state index in [0.29, 0.717) is 0 Å². The molecule has 0 aliphatic rings. The average molecular weight is 260 g/mol. The Morgan fingerprint density at radius 3 is 2.64 bits per heavy atom. The summed E-state index contributed by atoms with van der Waals surface area (Å²) in [7, 11) is 0. The molecule has 11 heavy (non-hydrogen) atoms. The van der Waals surface area contributed by atoms with E-state index >= 15 is 0 Å². The molecule has 0 aromatic carbocycles. The highest BCUT2D eigenvalue weighted by atomic mass is 127. The van der Waals surface area contributed by atoms with Gasteiger partial charge in [0.2, 0.25) is 0 Å². The van der Waals surface area contributed by atoms with E-state index in [4.69, 9.17) is 0 Å². The Kier molecular flexibility index (Phi) is 6.92. The molecule has 0 radical (unpaired) electrons. The molecule has 3 heteroatoms.